The minimum atomic E-state index is -3.78. The van der Waals surface area contributed by atoms with E-state index in [1.807, 2.05) is 0 Å². The molecule has 0 heterocycles. The topological polar surface area (TPSA) is 103 Å². The van der Waals surface area contributed by atoms with E-state index in [1.54, 1.807) is 42.5 Å². The van der Waals surface area contributed by atoms with Crippen molar-refractivity contribution in [3.63, 3.8) is 0 Å². The van der Waals surface area contributed by atoms with Crippen LogP contribution < -0.4 is 24.2 Å². The summed E-state index contributed by atoms with van der Waals surface area (Å²) in [6, 6.07) is 17.1. The Bertz CT molecular complexity index is 1180. The van der Waals surface area contributed by atoms with Crippen molar-refractivity contribution in [3.8, 4) is 17.2 Å². The standard InChI is InChI=1S/C22H21ClN2O6S/c1-29-17-6-3-15(4-7-17)25-32(27,28)19-10-8-18(9-11-19)31-14-22(26)24-16-5-12-21(30-2)20(23)13-16/h3-13,25H,14H2,1-2H3,(H,24,26). The predicted molar refractivity (Wildman–Crippen MR) is 122 cm³/mol. The monoisotopic (exact) mass is 476 g/mol. The van der Waals surface area contributed by atoms with E-state index >= 15 is 0 Å². The first kappa shape index (κ1) is 23.2. The number of ether oxygens (including phenoxy) is 3. The Balaban J connectivity index is 1.56. The largest absolute Gasteiger partial charge is 0.497 e. The second-order valence-electron chi connectivity index (χ2n) is 6.49. The molecule has 0 saturated carbocycles. The third-order valence-electron chi connectivity index (χ3n) is 4.28. The van der Waals surface area contributed by atoms with Crippen LogP contribution in [0, 0.1) is 0 Å². The van der Waals surface area contributed by atoms with Crippen molar-refractivity contribution < 1.29 is 27.4 Å². The van der Waals surface area contributed by atoms with Crippen LogP contribution in [0.15, 0.2) is 71.6 Å². The van der Waals surface area contributed by atoms with Gasteiger partial charge in [-0.05, 0) is 66.7 Å². The van der Waals surface area contributed by atoms with Crippen LogP contribution >= 0.6 is 11.6 Å². The summed E-state index contributed by atoms with van der Waals surface area (Å²) in [5, 5.41) is 3.02. The molecule has 0 aromatic heterocycles. The van der Waals surface area contributed by atoms with Gasteiger partial charge in [0.1, 0.15) is 17.2 Å². The smallest absolute Gasteiger partial charge is 0.262 e. The number of halogens is 1. The van der Waals surface area contributed by atoms with E-state index in [2.05, 4.69) is 10.0 Å². The molecule has 0 bridgehead atoms. The molecular weight excluding hydrogens is 456 g/mol. The molecule has 3 aromatic carbocycles. The Kier molecular flexibility index (Phi) is 7.45. The van der Waals surface area contributed by atoms with E-state index in [4.69, 9.17) is 25.8 Å². The molecule has 0 unspecified atom stereocenters. The summed E-state index contributed by atoms with van der Waals surface area (Å²) in [7, 11) is -0.752. The van der Waals surface area contributed by atoms with Gasteiger partial charge in [0, 0.05) is 11.4 Å². The molecule has 0 atom stereocenters. The van der Waals surface area contributed by atoms with Gasteiger partial charge in [0.25, 0.3) is 15.9 Å². The van der Waals surface area contributed by atoms with Gasteiger partial charge in [-0.2, -0.15) is 0 Å². The van der Waals surface area contributed by atoms with Gasteiger partial charge in [0.15, 0.2) is 6.61 Å². The minimum Gasteiger partial charge on any atom is -0.497 e. The number of anilines is 2. The van der Waals surface area contributed by atoms with Crippen molar-refractivity contribution in [2.75, 3.05) is 30.9 Å². The first-order valence-electron chi connectivity index (χ1n) is 9.34. The first-order valence-corrected chi connectivity index (χ1v) is 11.2. The van der Waals surface area contributed by atoms with Crippen molar-refractivity contribution in [2.45, 2.75) is 4.90 Å². The molecule has 0 aliphatic carbocycles. The van der Waals surface area contributed by atoms with E-state index in [0.717, 1.165) is 0 Å². The molecule has 0 saturated heterocycles. The number of methoxy groups -OCH3 is 2. The SMILES string of the molecule is COc1ccc(NS(=O)(=O)c2ccc(OCC(=O)Nc3ccc(OC)c(Cl)c3)cc2)cc1. The van der Waals surface area contributed by atoms with Gasteiger partial charge in [-0.15, -0.1) is 0 Å². The van der Waals surface area contributed by atoms with Gasteiger partial charge in [-0.1, -0.05) is 11.6 Å². The highest BCUT2D eigenvalue weighted by molar-refractivity contribution is 7.92. The van der Waals surface area contributed by atoms with Crippen LogP contribution in [-0.4, -0.2) is 35.2 Å². The lowest BCUT2D eigenvalue weighted by Gasteiger charge is -2.11. The normalized spacial score (nSPS) is 10.8. The minimum absolute atomic E-state index is 0.0537. The van der Waals surface area contributed by atoms with Crippen LogP contribution in [0.2, 0.25) is 5.02 Å². The number of sulfonamides is 1. The maximum Gasteiger partial charge on any atom is 0.262 e. The van der Waals surface area contributed by atoms with Crippen LogP contribution in [0.25, 0.3) is 0 Å². The number of hydrogen-bond acceptors (Lipinski definition) is 6. The van der Waals surface area contributed by atoms with E-state index in [-0.39, 0.29) is 11.5 Å². The lowest BCUT2D eigenvalue weighted by Crippen LogP contribution is -2.20. The zero-order valence-electron chi connectivity index (χ0n) is 17.3. The van der Waals surface area contributed by atoms with Gasteiger partial charge in [0.05, 0.1) is 24.1 Å². The van der Waals surface area contributed by atoms with Gasteiger partial charge in [-0.3, -0.25) is 9.52 Å². The van der Waals surface area contributed by atoms with Crippen molar-refractivity contribution in [3.05, 3.63) is 71.8 Å². The third-order valence-corrected chi connectivity index (χ3v) is 5.97. The molecule has 168 valence electrons. The quantitative estimate of drug-likeness (QED) is 0.480. The average molecular weight is 477 g/mol. The summed E-state index contributed by atoms with van der Waals surface area (Å²) in [5.41, 5.74) is 0.900. The molecule has 0 aliphatic heterocycles. The molecule has 32 heavy (non-hydrogen) atoms. The first-order chi connectivity index (χ1) is 15.3. The lowest BCUT2D eigenvalue weighted by atomic mass is 10.3. The number of carbonyl (C=O) groups excluding carboxylic acids is 1. The van der Waals surface area contributed by atoms with Gasteiger partial charge < -0.3 is 19.5 Å². The zero-order chi connectivity index (χ0) is 23.1. The number of rotatable bonds is 9. The molecular formula is C22H21ClN2O6S. The van der Waals surface area contributed by atoms with Crippen LogP contribution in [0.5, 0.6) is 17.2 Å². The molecule has 3 aromatic rings. The van der Waals surface area contributed by atoms with E-state index in [9.17, 15) is 13.2 Å². The van der Waals surface area contributed by atoms with Gasteiger partial charge in [0.2, 0.25) is 0 Å². The Morgan fingerprint density at radius 1 is 0.875 bits per heavy atom. The molecule has 0 aliphatic rings. The molecule has 10 heteroatoms. The Morgan fingerprint density at radius 3 is 2.09 bits per heavy atom. The molecule has 0 radical (unpaired) electrons. The second kappa shape index (κ2) is 10.3. The summed E-state index contributed by atoms with van der Waals surface area (Å²) in [6.45, 7) is -0.264. The number of amides is 1. The summed E-state index contributed by atoms with van der Waals surface area (Å²) in [6.07, 6.45) is 0. The maximum absolute atomic E-state index is 12.5. The lowest BCUT2D eigenvalue weighted by molar-refractivity contribution is -0.118. The van der Waals surface area contributed by atoms with Crippen molar-refractivity contribution in [2.24, 2.45) is 0 Å². The third kappa shape index (κ3) is 6.05. The molecule has 1 amide bonds. The summed E-state index contributed by atoms with van der Waals surface area (Å²) >= 11 is 6.03. The maximum atomic E-state index is 12.5. The van der Waals surface area contributed by atoms with Crippen molar-refractivity contribution >= 4 is 38.9 Å². The van der Waals surface area contributed by atoms with Crippen molar-refractivity contribution in [1.29, 1.82) is 0 Å². The Hall–Kier alpha value is -3.43. The number of nitrogens with one attached hydrogen (secondary N) is 2. The number of benzene rings is 3. The molecule has 3 rings (SSSR count). The summed E-state index contributed by atoms with van der Waals surface area (Å²) in [5.74, 6) is 1.06. The summed E-state index contributed by atoms with van der Waals surface area (Å²) in [4.78, 5) is 12.2. The molecule has 8 nitrogen and oxygen atoms in total. The highest BCUT2D eigenvalue weighted by atomic mass is 35.5. The van der Waals surface area contributed by atoms with Crippen LogP contribution in [-0.2, 0) is 14.8 Å². The average Bonchev–Trinajstić information content (AvgIpc) is 2.78. The summed E-state index contributed by atoms with van der Waals surface area (Å²) < 4.78 is 43.1. The second-order valence-corrected chi connectivity index (χ2v) is 8.58. The van der Waals surface area contributed by atoms with E-state index in [1.165, 1.54) is 38.5 Å². The van der Waals surface area contributed by atoms with E-state index in [0.29, 0.717) is 33.6 Å². The van der Waals surface area contributed by atoms with Gasteiger partial charge >= 0.3 is 0 Å². The molecule has 2 N–H and O–H groups in total. The van der Waals surface area contributed by atoms with Crippen LogP contribution in [0.4, 0.5) is 11.4 Å². The van der Waals surface area contributed by atoms with Crippen LogP contribution in [0.1, 0.15) is 0 Å². The Morgan fingerprint density at radius 2 is 1.50 bits per heavy atom. The van der Waals surface area contributed by atoms with Gasteiger partial charge in [-0.25, -0.2) is 8.42 Å². The van der Waals surface area contributed by atoms with Crippen molar-refractivity contribution in [1.82, 2.24) is 0 Å². The fourth-order valence-electron chi connectivity index (χ4n) is 2.68. The predicted octanol–water partition coefficient (Wildman–Crippen LogP) is 4.18. The van der Waals surface area contributed by atoms with E-state index < -0.39 is 15.9 Å². The molecule has 0 spiro atoms. The van der Waals surface area contributed by atoms with Crippen LogP contribution in [0.3, 0.4) is 0 Å². The Labute approximate surface area is 191 Å². The number of carbonyl (C=O) groups is 1. The molecule has 0 fully saturated rings. The zero-order valence-corrected chi connectivity index (χ0v) is 18.9. The number of hydrogen-bond donors (Lipinski definition) is 2. The fraction of sp³-hybridized carbons (Fsp3) is 0.136. The highest BCUT2D eigenvalue weighted by Gasteiger charge is 2.15. The fourth-order valence-corrected chi connectivity index (χ4v) is 3.99. The highest BCUT2D eigenvalue weighted by Crippen LogP contribution is 2.27.